The highest BCUT2D eigenvalue weighted by Gasteiger charge is 2.35. The quantitative estimate of drug-likeness (QED) is 0.345. The van der Waals surface area contributed by atoms with E-state index in [-0.39, 0.29) is 6.61 Å². The fourth-order valence-electron chi connectivity index (χ4n) is 4.19. The molecule has 176 valence electrons. The van der Waals surface area contributed by atoms with Gasteiger partial charge < -0.3 is 19.4 Å². The lowest BCUT2D eigenvalue weighted by molar-refractivity contribution is -0.139. The number of carbonyl (C=O) groups is 1. The second-order valence-electron chi connectivity index (χ2n) is 8.04. The van der Waals surface area contributed by atoms with E-state index in [1.165, 1.54) is 0 Å². The minimum absolute atomic E-state index is 0.292. The normalized spacial score (nSPS) is 12.5. The van der Waals surface area contributed by atoms with Gasteiger partial charge in [-0.2, -0.15) is 0 Å². The van der Waals surface area contributed by atoms with E-state index in [4.69, 9.17) is 14.3 Å². The molecule has 0 radical (unpaired) electrons. The number of rotatable bonds is 10. The number of aliphatic hydroxyl groups is 1. The first-order chi connectivity index (χ1) is 16.4. The van der Waals surface area contributed by atoms with Crippen LogP contribution in [0.1, 0.15) is 29.4 Å². The maximum atomic E-state index is 13.9. The van der Waals surface area contributed by atoms with E-state index in [1.807, 2.05) is 73.7 Å². The average Bonchev–Trinajstić information content (AvgIpc) is 3.24. The molecule has 0 saturated carbocycles. The van der Waals surface area contributed by atoms with Crippen molar-refractivity contribution in [3.63, 3.8) is 0 Å². The van der Waals surface area contributed by atoms with E-state index >= 15 is 0 Å². The van der Waals surface area contributed by atoms with Gasteiger partial charge >= 0.3 is 5.97 Å². The monoisotopic (exact) mass is 478 g/mol. The molecular formula is C27H26O6S. The molecule has 0 amide bonds. The molecule has 2 N–H and O–H groups in total. The first kappa shape index (κ1) is 23.7. The lowest BCUT2D eigenvalue weighted by Gasteiger charge is -2.30. The van der Waals surface area contributed by atoms with E-state index in [0.29, 0.717) is 34.7 Å². The summed E-state index contributed by atoms with van der Waals surface area (Å²) in [5.41, 5.74) is 3.05. The minimum Gasteiger partial charge on any atom is -0.479 e. The zero-order valence-corrected chi connectivity index (χ0v) is 19.6. The number of ether oxygens (including phenoxy) is 1. The van der Waals surface area contributed by atoms with Gasteiger partial charge in [-0.1, -0.05) is 72.8 Å². The van der Waals surface area contributed by atoms with Crippen LogP contribution in [0.15, 0.2) is 83.3 Å². The molecule has 7 heteroatoms. The summed E-state index contributed by atoms with van der Waals surface area (Å²) in [6.45, 7) is 1.16. The van der Waals surface area contributed by atoms with Crippen molar-refractivity contribution in [1.82, 2.24) is 0 Å². The Morgan fingerprint density at radius 3 is 2.15 bits per heavy atom. The molecule has 3 aromatic carbocycles. The molecule has 6 nitrogen and oxygen atoms in total. The second-order valence-corrected chi connectivity index (χ2v) is 9.96. The zero-order valence-electron chi connectivity index (χ0n) is 18.8. The molecule has 1 unspecified atom stereocenters. The largest absolute Gasteiger partial charge is 0.479 e. The number of carboxylic acids is 1. The van der Waals surface area contributed by atoms with Gasteiger partial charge in [0.1, 0.15) is 12.4 Å². The van der Waals surface area contributed by atoms with Crippen molar-refractivity contribution in [2.75, 3.05) is 12.4 Å². The predicted octanol–water partition coefficient (Wildman–Crippen LogP) is 4.64. The topological polar surface area (TPSA) is 97.0 Å². The summed E-state index contributed by atoms with van der Waals surface area (Å²) in [5, 5.41) is 19.6. The summed E-state index contributed by atoms with van der Waals surface area (Å²) >= 11 is 0. The van der Waals surface area contributed by atoms with E-state index in [9.17, 15) is 14.1 Å². The van der Waals surface area contributed by atoms with Crippen molar-refractivity contribution >= 4 is 27.7 Å². The number of furan rings is 1. The fourth-order valence-corrected chi connectivity index (χ4v) is 5.79. The van der Waals surface area contributed by atoms with Gasteiger partial charge in [0.15, 0.2) is 17.9 Å². The van der Waals surface area contributed by atoms with Crippen LogP contribution in [-0.4, -0.2) is 32.8 Å². The number of aryl methyl sites for hydroxylation is 1. The van der Waals surface area contributed by atoms with Crippen LogP contribution in [-0.2, 0) is 33.4 Å². The smallest absolute Gasteiger partial charge is 0.341 e. The second kappa shape index (κ2) is 10.2. The third-order valence-electron chi connectivity index (χ3n) is 6.00. The molecular weight excluding hydrogens is 452 g/mol. The molecule has 0 bridgehead atoms. The highest BCUT2D eigenvalue weighted by atomic mass is 32.2. The number of aliphatic hydroxyl groups excluding tert-OH is 1. The maximum absolute atomic E-state index is 13.9. The van der Waals surface area contributed by atoms with Gasteiger partial charge in [0.2, 0.25) is 0 Å². The van der Waals surface area contributed by atoms with Crippen molar-refractivity contribution in [3.8, 4) is 5.75 Å². The summed E-state index contributed by atoms with van der Waals surface area (Å²) in [7, 11) is -1.31. The Balaban J connectivity index is 1.67. The van der Waals surface area contributed by atoms with Gasteiger partial charge in [-0.3, -0.25) is 4.21 Å². The molecule has 0 fully saturated rings. The van der Waals surface area contributed by atoms with Crippen molar-refractivity contribution in [2.45, 2.75) is 24.7 Å². The van der Waals surface area contributed by atoms with Gasteiger partial charge in [-0.15, -0.1) is 0 Å². The number of para-hydroxylation sites is 1. The summed E-state index contributed by atoms with van der Waals surface area (Å²) in [6, 6.07) is 24.8. The van der Waals surface area contributed by atoms with Gasteiger partial charge in [0, 0.05) is 27.5 Å². The molecule has 0 aliphatic heterocycles. The van der Waals surface area contributed by atoms with Crippen molar-refractivity contribution in [1.29, 1.82) is 0 Å². The highest BCUT2D eigenvalue weighted by Crippen LogP contribution is 2.37. The first-order valence-corrected chi connectivity index (χ1v) is 12.2. The van der Waals surface area contributed by atoms with Crippen LogP contribution in [0.5, 0.6) is 5.75 Å². The average molecular weight is 479 g/mol. The number of hydrogen-bond acceptors (Lipinski definition) is 5. The Morgan fingerprint density at radius 1 is 0.971 bits per heavy atom. The molecule has 4 rings (SSSR count). The molecule has 34 heavy (non-hydrogen) atoms. The Bertz CT molecular complexity index is 1260. The van der Waals surface area contributed by atoms with Crippen molar-refractivity contribution in [2.24, 2.45) is 0 Å². The number of aliphatic carboxylic acids is 1. The summed E-state index contributed by atoms with van der Waals surface area (Å²) in [6.07, 6.45) is 0.410. The minimum atomic E-state index is -1.31. The molecule has 0 aliphatic carbocycles. The van der Waals surface area contributed by atoms with Crippen LogP contribution in [0, 0.1) is 0 Å². The predicted molar refractivity (Wildman–Crippen MR) is 131 cm³/mol. The lowest BCUT2D eigenvalue weighted by atomic mass is 9.92. The molecule has 1 atom stereocenters. The molecule has 0 spiro atoms. The SMILES string of the molecule is CC(c1ccccc1)(c1ccccc1)S(=O)CCc1c(CO)oc2c(OCC(=O)O)cccc12. The summed E-state index contributed by atoms with van der Waals surface area (Å²) in [4.78, 5) is 10.9. The highest BCUT2D eigenvalue weighted by molar-refractivity contribution is 7.86. The van der Waals surface area contributed by atoms with Crippen LogP contribution in [0.4, 0.5) is 0 Å². The first-order valence-electron chi connectivity index (χ1n) is 10.9. The van der Waals surface area contributed by atoms with Gasteiger partial charge in [0.05, 0.1) is 4.75 Å². The van der Waals surface area contributed by atoms with E-state index in [2.05, 4.69) is 0 Å². The third-order valence-corrected chi connectivity index (χ3v) is 7.96. The van der Waals surface area contributed by atoms with E-state index in [0.717, 1.165) is 16.7 Å². The Morgan fingerprint density at radius 2 is 1.59 bits per heavy atom. The number of benzene rings is 3. The lowest BCUT2D eigenvalue weighted by Crippen LogP contribution is -2.31. The van der Waals surface area contributed by atoms with Crippen LogP contribution in [0.25, 0.3) is 11.0 Å². The van der Waals surface area contributed by atoms with Crippen LogP contribution < -0.4 is 4.74 Å². The van der Waals surface area contributed by atoms with Crippen molar-refractivity contribution in [3.05, 3.63) is 101 Å². The maximum Gasteiger partial charge on any atom is 0.341 e. The van der Waals surface area contributed by atoms with Gasteiger partial charge in [0.25, 0.3) is 0 Å². The molecule has 1 aromatic heterocycles. The molecule has 1 heterocycles. The number of carboxylic acid groups (broad SMARTS) is 1. The van der Waals surface area contributed by atoms with Crippen LogP contribution in [0.3, 0.4) is 0 Å². The van der Waals surface area contributed by atoms with E-state index in [1.54, 1.807) is 12.1 Å². The van der Waals surface area contributed by atoms with Gasteiger partial charge in [-0.05, 0) is 30.5 Å². The molecule has 4 aromatic rings. The number of hydrogen-bond donors (Lipinski definition) is 2. The zero-order chi connectivity index (χ0) is 24.1. The standard InChI is InChI=1S/C27H26O6S/c1-27(19-9-4-2-5-10-19,20-11-6-3-7-12-20)34(31)16-15-21-22-13-8-14-23(32-18-25(29)30)26(22)33-24(21)17-28/h2-14,28H,15-18H2,1H3,(H,29,30). The number of fused-ring (bicyclic) bond motifs is 1. The summed E-state index contributed by atoms with van der Waals surface area (Å²) < 4.78 is 24.3. The molecule has 0 saturated heterocycles. The third kappa shape index (κ3) is 4.62. The Labute approximate surface area is 200 Å². The Kier molecular flexibility index (Phi) is 7.14. The Hall–Kier alpha value is -3.42. The molecule has 0 aliphatic rings. The van der Waals surface area contributed by atoms with E-state index < -0.39 is 28.1 Å². The van der Waals surface area contributed by atoms with Crippen LogP contribution >= 0.6 is 0 Å². The van der Waals surface area contributed by atoms with Crippen molar-refractivity contribution < 1.29 is 28.4 Å². The van der Waals surface area contributed by atoms with Gasteiger partial charge in [-0.25, -0.2) is 4.79 Å². The summed E-state index contributed by atoms with van der Waals surface area (Å²) in [5.74, 6) is -0.107. The fraction of sp³-hybridized carbons (Fsp3) is 0.222. The van der Waals surface area contributed by atoms with Crippen LogP contribution in [0.2, 0.25) is 0 Å².